The van der Waals surface area contributed by atoms with Gasteiger partial charge in [0, 0.05) is 29.9 Å². The molecule has 104 valence electrons. The zero-order valence-electron chi connectivity index (χ0n) is 9.62. The Morgan fingerprint density at radius 1 is 1.53 bits per heavy atom. The first kappa shape index (κ1) is 15.2. The second-order valence-corrected chi connectivity index (χ2v) is 5.82. The van der Waals surface area contributed by atoms with Crippen LogP contribution < -0.4 is 10.1 Å². The first-order valence-corrected chi connectivity index (χ1v) is 7.13. The molecule has 0 fully saturated rings. The maximum absolute atomic E-state index is 11.3. The molecule has 1 aromatic rings. The molecular formula is C9H9ClN2O6S. The molecule has 0 aromatic heterocycles. The molecule has 1 N–H and O–H groups in total. The fraction of sp³-hybridized carbons (Fsp3) is 0.222. The summed E-state index contributed by atoms with van der Waals surface area (Å²) in [6.45, 7) is -0.437. The van der Waals surface area contributed by atoms with E-state index in [0.717, 1.165) is 18.2 Å². The van der Waals surface area contributed by atoms with Gasteiger partial charge in [-0.3, -0.25) is 14.9 Å². The number of amides is 1. The predicted octanol–water partition coefficient (Wildman–Crippen LogP) is 0.647. The number of hydrogen-bond donors (Lipinski definition) is 1. The number of carbonyl (C=O) groups is 1. The van der Waals surface area contributed by atoms with Crippen molar-refractivity contribution in [2.24, 2.45) is 0 Å². The molecule has 1 rings (SSSR count). The summed E-state index contributed by atoms with van der Waals surface area (Å²) in [6.07, 6.45) is 0. The van der Waals surface area contributed by atoms with E-state index in [-0.39, 0.29) is 5.75 Å². The highest BCUT2D eigenvalue weighted by Gasteiger charge is 2.21. The molecule has 0 aliphatic rings. The van der Waals surface area contributed by atoms with Crippen LogP contribution in [0, 0.1) is 10.1 Å². The Morgan fingerprint density at radius 2 is 2.16 bits per heavy atom. The molecule has 8 nitrogen and oxygen atoms in total. The van der Waals surface area contributed by atoms with E-state index in [9.17, 15) is 23.3 Å². The standard InChI is InChI=1S/C9H9ClN2O6S/c1-11-9(13)5-18-7-3-2-6(12(14)15)4-8(7)19(10,16)17/h2-4H,5H2,1H3,(H,11,13). The molecule has 10 heteroatoms. The van der Waals surface area contributed by atoms with E-state index in [0.29, 0.717) is 0 Å². The van der Waals surface area contributed by atoms with E-state index in [2.05, 4.69) is 5.32 Å². The number of benzene rings is 1. The third-order valence-corrected chi connectivity index (χ3v) is 3.38. The number of nitrogens with one attached hydrogen (secondary N) is 1. The van der Waals surface area contributed by atoms with E-state index in [1.165, 1.54) is 7.05 Å². The van der Waals surface area contributed by atoms with Crippen molar-refractivity contribution in [1.29, 1.82) is 0 Å². The Kier molecular flexibility index (Phi) is 4.67. The number of nitro groups is 1. The highest BCUT2D eigenvalue weighted by Crippen LogP contribution is 2.30. The Hall–Kier alpha value is -1.87. The number of ether oxygens (including phenoxy) is 1. The van der Waals surface area contributed by atoms with Crippen LogP contribution in [0.4, 0.5) is 5.69 Å². The van der Waals surface area contributed by atoms with E-state index >= 15 is 0 Å². The van der Waals surface area contributed by atoms with Crippen LogP contribution in [0.5, 0.6) is 5.75 Å². The molecule has 1 aromatic carbocycles. The lowest BCUT2D eigenvalue weighted by Gasteiger charge is -2.08. The fourth-order valence-electron chi connectivity index (χ4n) is 1.14. The van der Waals surface area contributed by atoms with Crippen molar-refractivity contribution >= 4 is 31.3 Å². The Bertz CT molecular complexity index is 615. The van der Waals surface area contributed by atoms with Crippen molar-refractivity contribution in [3.63, 3.8) is 0 Å². The van der Waals surface area contributed by atoms with Gasteiger partial charge in [0.2, 0.25) is 0 Å². The second kappa shape index (κ2) is 5.85. The van der Waals surface area contributed by atoms with Crippen LogP contribution in [-0.4, -0.2) is 32.9 Å². The van der Waals surface area contributed by atoms with Crippen molar-refractivity contribution in [2.45, 2.75) is 4.90 Å². The van der Waals surface area contributed by atoms with Gasteiger partial charge < -0.3 is 10.1 Å². The van der Waals surface area contributed by atoms with Gasteiger partial charge in [-0.15, -0.1) is 0 Å². The highest BCUT2D eigenvalue weighted by molar-refractivity contribution is 8.13. The average molecular weight is 309 g/mol. The number of carbonyl (C=O) groups excluding carboxylic acids is 1. The molecule has 0 radical (unpaired) electrons. The quantitative estimate of drug-likeness (QED) is 0.485. The number of nitrogens with zero attached hydrogens (tertiary/aromatic N) is 1. The minimum atomic E-state index is -4.23. The lowest BCUT2D eigenvalue weighted by molar-refractivity contribution is -0.385. The smallest absolute Gasteiger partial charge is 0.271 e. The molecule has 0 saturated carbocycles. The number of hydrogen-bond acceptors (Lipinski definition) is 6. The molecule has 0 saturated heterocycles. The van der Waals surface area contributed by atoms with Gasteiger partial charge in [0.05, 0.1) is 4.92 Å². The van der Waals surface area contributed by atoms with Gasteiger partial charge in [-0.1, -0.05) is 0 Å². The number of non-ortho nitro benzene ring substituents is 1. The Balaban J connectivity index is 3.17. The minimum absolute atomic E-state index is 0.232. The van der Waals surface area contributed by atoms with Crippen molar-refractivity contribution < 1.29 is 22.9 Å². The normalized spacial score (nSPS) is 10.8. The van der Waals surface area contributed by atoms with Crippen LogP contribution in [0.25, 0.3) is 0 Å². The summed E-state index contributed by atoms with van der Waals surface area (Å²) in [5.41, 5.74) is -0.452. The molecule has 0 aliphatic heterocycles. The third-order valence-electron chi connectivity index (χ3n) is 2.04. The molecule has 0 unspecified atom stereocenters. The van der Waals surface area contributed by atoms with Crippen molar-refractivity contribution in [1.82, 2.24) is 5.32 Å². The van der Waals surface area contributed by atoms with Gasteiger partial charge in [-0.2, -0.15) is 0 Å². The molecule has 19 heavy (non-hydrogen) atoms. The van der Waals surface area contributed by atoms with Crippen LogP contribution in [0.2, 0.25) is 0 Å². The Labute approximate surface area is 112 Å². The van der Waals surface area contributed by atoms with E-state index in [4.69, 9.17) is 15.4 Å². The predicted molar refractivity (Wildman–Crippen MR) is 65.7 cm³/mol. The van der Waals surface area contributed by atoms with E-state index in [1.54, 1.807) is 0 Å². The van der Waals surface area contributed by atoms with Gasteiger partial charge >= 0.3 is 0 Å². The number of halogens is 1. The van der Waals surface area contributed by atoms with Gasteiger partial charge in [-0.25, -0.2) is 8.42 Å². The third kappa shape index (κ3) is 4.07. The molecule has 1 amide bonds. The van der Waals surface area contributed by atoms with Crippen LogP contribution >= 0.6 is 10.7 Å². The van der Waals surface area contributed by atoms with Gasteiger partial charge in [0.1, 0.15) is 10.6 Å². The topological polar surface area (TPSA) is 116 Å². The van der Waals surface area contributed by atoms with Crippen molar-refractivity contribution in [3.8, 4) is 5.75 Å². The first-order chi connectivity index (χ1) is 8.75. The molecule has 0 atom stereocenters. The number of rotatable bonds is 5. The first-order valence-electron chi connectivity index (χ1n) is 4.82. The average Bonchev–Trinajstić information content (AvgIpc) is 2.34. The van der Waals surface area contributed by atoms with E-state index in [1.807, 2.05) is 0 Å². The monoisotopic (exact) mass is 308 g/mol. The second-order valence-electron chi connectivity index (χ2n) is 3.29. The summed E-state index contributed by atoms with van der Waals surface area (Å²) < 4.78 is 27.6. The summed E-state index contributed by atoms with van der Waals surface area (Å²) in [5.74, 6) is -0.722. The molecule has 0 bridgehead atoms. The lowest BCUT2D eigenvalue weighted by Crippen LogP contribution is -2.25. The molecular weight excluding hydrogens is 300 g/mol. The van der Waals surface area contributed by atoms with Crippen LogP contribution in [0.15, 0.2) is 23.1 Å². The summed E-state index contributed by atoms with van der Waals surface area (Å²) in [4.78, 5) is 20.2. The van der Waals surface area contributed by atoms with Crippen LogP contribution in [-0.2, 0) is 13.8 Å². The number of nitro benzene ring substituents is 1. The maximum Gasteiger partial charge on any atom is 0.271 e. The zero-order valence-corrected chi connectivity index (χ0v) is 11.2. The Morgan fingerprint density at radius 3 is 2.63 bits per heavy atom. The van der Waals surface area contributed by atoms with Gasteiger partial charge in [0.25, 0.3) is 20.6 Å². The summed E-state index contributed by atoms with van der Waals surface area (Å²) in [5, 5.41) is 12.8. The largest absolute Gasteiger partial charge is 0.482 e. The summed E-state index contributed by atoms with van der Waals surface area (Å²) in [6, 6.07) is 2.88. The highest BCUT2D eigenvalue weighted by atomic mass is 35.7. The maximum atomic E-state index is 11.3. The van der Waals surface area contributed by atoms with Crippen molar-refractivity contribution in [2.75, 3.05) is 13.7 Å². The number of likely N-dealkylation sites (N-methyl/N-ethyl adjacent to an activating group) is 1. The lowest BCUT2D eigenvalue weighted by atomic mass is 10.3. The minimum Gasteiger partial charge on any atom is -0.482 e. The SMILES string of the molecule is CNC(=O)COc1ccc([N+](=O)[O-])cc1S(=O)(=O)Cl. The van der Waals surface area contributed by atoms with Crippen molar-refractivity contribution in [3.05, 3.63) is 28.3 Å². The van der Waals surface area contributed by atoms with E-state index < -0.39 is 37.1 Å². The fourth-order valence-corrected chi connectivity index (χ4v) is 2.13. The zero-order chi connectivity index (χ0) is 14.6. The summed E-state index contributed by atoms with van der Waals surface area (Å²) >= 11 is 0. The molecule has 0 spiro atoms. The molecule has 0 heterocycles. The van der Waals surface area contributed by atoms with Gasteiger partial charge in [-0.05, 0) is 6.07 Å². The van der Waals surface area contributed by atoms with Crippen LogP contribution in [0.3, 0.4) is 0 Å². The summed E-state index contributed by atoms with van der Waals surface area (Å²) in [7, 11) is 2.30. The van der Waals surface area contributed by atoms with Crippen LogP contribution in [0.1, 0.15) is 0 Å². The molecule has 0 aliphatic carbocycles. The van der Waals surface area contributed by atoms with Gasteiger partial charge in [0.15, 0.2) is 6.61 Å².